The molecule has 2 bridgehead atoms. The van der Waals surface area contributed by atoms with Crippen LogP contribution in [0.4, 0.5) is 0 Å². The monoisotopic (exact) mass is 364 g/mol. The lowest BCUT2D eigenvalue weighted by molar-refractivity contribution is -0.223. The molecule has 1 fully saturated rings. The summed E-state index contributed by atoms with van der Waals surface area (Å²) in [6, 6.07) is 0. The van der Waals surface area contributed by atoms with E-state index in [-0.39, 0.29) is 23.0 Å². The van der Waals surface area contributed by atoms with Crippen LogP contribution < -0.4 is 0 Å². The number of ether oxygens (including phenoxy) is 4. The highest BCUT2D eigenvalue weighted by Gasteiger charge is 2.66. The van der Waals surface area contributed by atoms with Gasteiger partial charge >= 0.3 is 23.9 Å². The fourth-order valence-electron chi connectivity index (χ4n) is 4.44. The quantitative estimate of drug-likeness (QED) is 0.405. The Kier molecular flexibility index (Phi) is 4.60. The third-order valence-corrected chi connectivity index (χ3v) is 5.25. The zero-order valence-electron chi connectivity index (χ0n) is 14.9. The molecule has 1 saturated carbocycles. The van der Waals surface area contributed by atoms with Crippen LogP contribution in [0.15, 0.2) is 23.3 Å². The lowest BCUT2D eigenvalue weighted by atomic mass is 9.48. The molecule has 4 aliphatic rings. The maximum Gasteiger partial charge on any atom is 0.334 e. The number of allylic oxidation sites excluding steroid dienone is 2. The van der Waals surface area contributed by atoms with Crippen molar-refractivity contribution in [2.24, 2.45) is 23.7 Å². The Balaban J connectivity index is 2.06. The molecular formula is C18H20O8. The molecule has 0 aromatic rings. The van der Waals surface area contributed by atoms with Crippen LogP contribution in [0.2, 0.25) is 0 Å². The summed E-state index contributed by atoms with van der Waals surface area (Å²) in [6.45, 7) is 2.54. The molecule has 8 heteroatoms. The first-order valence-electron chi connectivity index (χ1n) is 8.25. The number of methoxy groups -OCH3 is 2. The van der Waals surface area contributed by atoms with Gasteiger partial charge in [-0.05, 0) is 0 Å². The van der Waals surface area contributed by atoms with E-state index in [0.717, 1.165) is 0 Å². The van der Waals surface area contributed by atoms with Gasteiger partial charge in [-0.3, -0.25) is 9.59 Å². The minimum atomic E-state index is -0.683. The fourth-order valence-corrected chi connectivity index (χ4v) is 4.44. The molecule has 8 nitrogen and oxygen atoms in total. The smallest absolute Gasteiger partial charge is 0.334 e. The van der Waals surface area contributed by atoms with Crippen molar-refractivity contribution in [3.63, 3.8) is 0 Å². The Hall–Kier alpha value is -2.64. The summed E-state index contributed by atoms with van der Waals surface area (Å²) in [5.74, 6) is -3.78. The van der Waals surface area contributed by atoms with Crippen molar-refractivity contribution in [1.82, 2.24) is 0 Å². The molecule has 0 spiro atoms. The summed E-state index contributed by atoms with van der Waals surface area (Å²) in [4.78, 5) is 47.7. The number of carbonyl (C=O) groups excluding carboxylic acids is 4. The number of hydrogen-bond acceptors (Lipinski definition) is 8. The van der Waals surface area contributed by atoms with Gasteiger partial charge in [0.05, 0.1) is 25.4 Å². The van der Waals surface area contributed by atoms with Gasteiger partial charge in [-0.25, -0.2) is 9.59 Å². The van der Waals surface area contributed by atoms with Crippen LogP contribution in [-0.4, -0.2) is 50.3 Å². The predicted octanol–water partition coefficient (Wildman–Crippen LogP) is 0.554. The SMILES string of the molecule is COC(=O)C1=C(C(=O)OC)[C@H]2C=C[C@H]1[C@@H]1[C@H](OC(C)=O)[C@@H](OC(C)=O)[C@@H]12. The van der Waals surface area contributed by atoms with Crippen molar-refractivity contribution in [2.75, 3.05) is 14.2 Å². The molecule has 0 aliphatic heterocycles. The minimum absolute atomic E-state index is 0.214. The normalized spacial score (nSPS) is 33.7. The summed E-state index contributed by atoms with van der Waals surface area (Å²) < 4.78 is 20.4. The highest BCUT2D eigenvalue weighted by atomic mass is 16.6. The number of hydrogen-bond donors (Lipinski definition) is 0. The van der Waals surface area contributed by atoms with Gasteiger partial charge in [-0.2, -0.15) is 0 Å². The van der Waals surface area contributed by atoms with E-state index in [1.54, 1.807) is 0 Å². The first kappa shape index (κ1) is 18.2. The van der Waals surface area contributed by atoms with E-state index in [9.17, 15) is 19.2 Å². The van der Waals surface area contributed by atoms with Crippen molar-refractivity contribution in [3.05, 3.63) is 23.3 Å². The number of carbonyl (C=O) groups is 4. The second-order valence-corrected chi connectivity index (χ2v) is 6.55. The Bertz CT molecular complexity index is 673. The van der Waals surface area contributed by atoms with E-state index in [2.05, 4.69) is 0 Å². The van der Waals surface area contributed by atoms with Crippen molar-refractivity contribution in [3.8, 4) is 0 Å². The van der Waals surface area contributed by atoms with E-state index < -0.39 is 47.9 Å². The summed E-state index contributed by atoms with van der Waals surface area (Å²) in [6.07, 6.45) is 2.26. The average Bonchev–Trinajstić information content (AvgIpc) is 2.61. The van der Waals surface area contributed by atoms with Gasteiger partial charge in [0, 0.05) is 37.5 Å². The fraction of sp³-hybridized carbons (Fsp3) is 0.556. The topological polar surface area (TPSA) is 105 Å². The first-order valence-corrected chi connectivity index (χ1v) is 8.25. The van der Waals surface area contributed by atoms with Crippen LogP contribution in [0, 0.1) is 23.7 Å². The standard InChI is InChI=1S/C18H20O8/c1-7(19)25-15-11-9-5-6-10(12(11)16(15)26-8(2)20)14(18(22)24-4)13(9)17(21)23-3/h5-6,9-12,15-16H,1-4H3/t9-,10-,11-,12+,15-,16-/m0/s1. The summed E-state index contributed by atoms with van der Waals surface area (Å²) in [7, 11) is 2.47. The van der Waals surface area contributed by atoms with Crippen LogP contribution in [0.5, 0.6) is 0 Å². The maximum atomic E-state index is 12.3. The molecule has 0 amide bonds. The van der Waals surface area contributed by atoms with E-state index >= 15 is 0 Å². The third kappa shape index (κ3) is 2.60. The molecule has 0 radical (unpaired) electrons. The van der Waals surface area contributed by atoms with Crippen LogP contribution in [0.25, 0.3) is 0 Å². The molecule has 6 atom stereocenters. The number of esters is 4. The van der Waals surface area contributed by atoms with Gasteiger partial charge in [-0.1, -0.05) is 12.2 Å². The molecule has 0 N–H and O–H groups in total. The average molecular weight is 364 g/mol. The second kappa shape index (κ2) is 6.59. The maximum absolute atomic E-state index is 12.3. The second-order valence-electron chi connectivity index (χ2n) is 6.55. The van der Waals surface area contributed by atoms with Gasteiger partial charge in [0.25, 0.3) is 0 Å². The zero-order chi connectivity index (χ0) is 19.2. The minimum Gasteiger partial charge on any atom is -0.466 e. The Morgan fingerprint density at radius 2 is 1.08 bits per heavy atom. The first-order chi connectivity index (χ1) is 12.3. The number of rotatable bonds is 4. The molecule has 0 aromatic carbocycles. The van der Waals surface area contributed by atoms with Gasteiger partial charge in [0.15, 0.2) is 0 Å². The van der Waals surface area contributed by atoms with Gasteiger partial charge in [-0.15, -0.1) is 0 Å². The summed E-state index contributed by atoms with van der Waals surface area (Å²) in [5, 5.41) is 0. The van der Waals surface area contributed by atoms with E-state index in [1.165, 1.54) is 28.1 Å². The van der Waals surface area contributed by atoms with Crippen LogP contribution in [-0.2, 0) is 38.1 Å². The molecular weight excluding hydrogens is 344 g/mol. The predicted molar refractivity (Wildman–Crippen MR) is 85.3 cm³/mol. The van der Waals surface area contributed by atoms with E-state index in [0.29, 0.717) is 0 Å². The summed E-state index contributed by atoms with van der Waals surface area (Å²) >= 11 is 0. The Morgan fingerprint density at radius 1 is 0.731 bits per heavy atom. The van der Waals surface area contributed by atoms with E-state index in [1.807, 2.05) is 12.2 Å². The Morgan fingerprint density at radius 3 is 1.35 bits per heavy atom. The van der Waals surface area contributed by atoms with Crippen LogP contribution >= 0.6 is 0 Å². The lowest BCUT2D eigenvalue weighted by Crippen LogP contribution is -2.67. The van der Waals surface area contributed by atoms with Crippen molar-refractivity contribution in [2.45, 2.75) is 26.1 Å². The van der Waals surface area contributed by atoms with Gasteiger partial charge in [0.1, 0.15) is 12.2 Å². The van der Waals surface area contributed by atoms with E-state index in [4.69, 9.17) is 18.9 Å². The molecule has 4 rings (SSSR count). The molecule has 0 aromatic heterocycles. The van der Waals surface area contributed by atoms with Crippen molar-refractivity contribution < 1.29 is 38.1 Å². The van der Waals surface area contributed by atoms with Crippen LogP contribution in [0.1, 0.15) is 13.8 Å². The Labute approximate surface area is 150 Å². The molecule has 0 unspecified atom stereocenters. The van der Waals surface area contributed by atoms with Crippen LogP contribution in [0.3, 0.4) is 0 Å². The molecule has 140 valence electrons. The summed E-state index contributed by atoms with van der Waals surface area (Å²) in [5.41, 5.74) is 0.429. The lowest BCUT2D eigenvalue weighted by Gasteiger charge is -2.59. The third-order valence-electron chi connectivity index (χ3n) is 5.25. The highest BCUT2D eigenvalue weighted by molar-refractivity contribution is 6.02. The molecule has 4 aliphatic carbocycles. The van der Waals surface area contributed by atoms with Crippen molar-refractivity contribution in [1.29, 1.82) is 0 Å². The largest absolute Gasteiger partial charge is 0.466 e. The van der Waals surface area contributed by atoms with Gasteiger partial charge < -0.3 is 18.9 Å². The molecule has 0 saturated heterocycles. The molecule has 26 heavy (non-hydrogen) atoms. The zero-order valence-corrected chi connectivity index (χ0v) is 14.9. The van der Waals surface area contributed by atoms with Gasteiger partial charge in [0.2, 0.25) is 0 Å². The van der Waals surface area contributed by atoms with Crippen molar-refractivity contribution >= 4 is 23.9 Å². The highest BCUT2D eigenvalue weighted by Crippen LogP contribution is 2.59. The molecule has 0 heterocycles.